The number of nitrogens with zero attached hydrogens (tertiary/aromatic N) is 1. The van der Waals surface area contributed by atoms with Gasteiger partial charge in [-0.2, -0.15) is 0 Å². The van der Waals surface area contributed by atoms with E-state index in [4.69, 9.17) is 9.47 Å². The maximum Gasteiger partial charge on any atom is 0.227 e. The zero-order valence-corrected chi connectivity index (χ0v) is 18.7. The SMILES string of the molecule is CC#Cc1cc(C)c(C2C(=O)CCCN(C(=O)CC3OCCO3)CCCC2=O)c(C)c1. The number of ether oxygens (including phenoxy) is 2. The van der Waals surface area contributed by atoms with E-state index < -0.39 is 12.2 Å². The lowest BCUT2D eigenvalue weighted by molar-refractivity contribution is -0.141. The Kier molecular flexibility index (Phi) is 8.00. The molecule has 1 aromatic rings. The molecule has 2 aliphatic rings. The first-order valence-corrected chi connectivity index (χ1v) is 11.0. The Bertz CT molecular complexity index is 859. The topological polar surface area (TPSA) is 72.9 Å². The predicted molar refractivity (Wildman–Crippen MR) is 117 cm³/mol. The highest BCUT2D eigenvalue weighted by atomic mass is 16.7. The highest BCUT2D eigenvalue weighted by Gasteiger charge is 2.32. The van der Waals surface area contributed by atoms with Gasteiger partial charge in [0.25, 0.3) is 0 Å². The number of hydrogen-bond acceptors (Lipinski definition) is 5. The number of rotatable bonds is 3. The van der Waals surface area contributed by atoms with Crippen molar-refractivity contribution in [2.24, 2.45) is 0 Å². The van der Waals surface area contributed by atoms with Crippen LogP contribution in [0.4, 0.5) is 0 Å². The summed E-state index contributed by atoms with van der Waals surface area (Å²) in [5.41, 5.74) is 3.57. The van der Waals surface area contributed by atoms with E-state index in [1.165, 1.54) is 0 Å². The van der Waals surface area contributed by atoms with Crippen molar-refractivity contribution < 1.29 is 23.9 Å². The van der Waals surface area contributed by atoms with Gasteiger partial charge in [-0.3, -0.25) is 14.4 Å². The molecule has 166 valence electrons. The quantitative estimate of drug-likeness (QED) is 0.550. The summed E-state index contributed by atoms with van der Waals surface area (Å²) in [7, 11) is 0. The van der Waals surface area contributed by atoms with E-state index in [0.29, 0.717) is 39.1 Å². The van der Waals surface area contributed by atoms with Gasteiger partial charge in [-0.25, -0.2) is 0 Å². The van der Waals surface area contributed by atoms with Gasteiger partial charge in [0.15, 0.2) is 6.29 Å². The minimum Gasteiger partial charge on any atom is -0.350 e. The van der Waals surface area contributed by atoms with Crippen LogP contribution in [0.15, 0.2) is 12.1 Å². The third-order valence-corrected chi connectivity index (χ3v) is 5.88. The number of Topliss-reactive ketones (excluding diaryl/α,β-unsaturated/α-hetero) is 2. The summed E-state index contributed by atoms with van der Waals surface area (Å²) in [5, 5.41) is 0. The highest BCUT2D eigenvalue weighted by Crippen LogP contribution is 2.30. The van der Waals surface area contributed by atoms with Gasteiger partial charge in [-0.15, -0.1) is 5.92 Å². The monoisotopic (exact) mass is 425 g/mol. The number of carbonyl (C=O) groups is 3. The van der Waals surface area contributed by atoms with Crippen molar-refractivity contribution in [1.82, 2.24) is 4.90 Å². The molecule has 0 unspecified atom stereocenters. The largest absolute Gasteiger partial charge is 0.350 e. The van der Waals surface area contributed by atoms with Crippen LogP contribution in [0.5, 0.6) is 0 Å². The molecule has 2 aliphatic heterocycles. The maximum absolute atomic E-state index is 13.1. The molecular weight excluding hydrogens is 394 g/mol. The average molecular weight is 426 g/mol. The van der Waals surface area contributed by atoms with Crippen LogP contribution in [-0.2, 0) is 23.9 Å². The second-order valence-electron chi connectivity index (χ2n) is 8.23. The molecule has 0 spiro atoms. The summed E-state index contributed by atoms with van der Waals surface area (Å²) in [6, 6.07) is 3.90. The molecule has 1 amide bonds. The Morgan fingerprint density at radius 3 is 2.10 bits per heavy atom. The number of hydrogen-bond donors (Lipinski definition) is 0. The first-order chi connectivity index (χ1) is 14.9. The van der Waals surface area contributed by atoms with E-state index in [1.807, 2.05) is 26.0 Å². The van der Waals surface area contributed by atoms with Gasteiger partial charge in [-0.1, -0.05) is 5.92 Å². The molecule has 0 atom stereocenters. The number of benzene rings is 1. The fraction of sp³-hybridized carbons (Fsp3) is 0.560. The van der Waals surface area contributed by atoms with Crippen LogP contribution in [0.25, 0.3) is 0 Å². The number of ketones is 2. The molecule has 2 heterocycles. The van der Waals surface area contributed by atoms with Gasteiger partial charge in [0.1, 0.15) is 17.5 Å². The molecule has 3 rings (SSSR count). The van der Waals surface area contributed by atoms with Gasteiger partial charge in [0.2, 0.25) is 5.91 Å². The van der Waals surface area contributed by atoms with Crippen LogP contribution in [0.2, 0.25) is 0 Å². The van der Waals surface area contributed by atoms with Crippen LogP contribution in [0.1, 0.15) is 67.2 Å². The summed E-state index contributed by atoms with van der Waals surface area (Å²) in [6.45, 7) is 7.68. The Morgan fingerprint density at radius 1 is 1.03 bits per heavy atom. The average Bonchev–Trinajstić information content (AvgIpc) is 3.22. The molecule has 6 heteroatoms. The van der Waals surface area contributed by atoms with Gasteiger partial charge < -0.3 is 14.4 Å². The van der Waals surface area contributed by atoms with Crippen molar-refractivity contribution in [2.75, 3.05) is 26.3 Å². The standard InChI is InChI=1S/C25H31NO5/c1-4-7-19-14-17(2)24(18(3)15-19)25-20(27)8-5-10-26(11-6-9-21(25)28)22(29)16-23-30-12-13-31-23/h14-15,23,25H,5-6,8-13,16H2,1-3H3. The van der Waals surface area contributed by atoms with Crippen LogP contribution in [0.3, 0.4) is 0 Å². The normalized spacial score (nSPS) is 19.3. The molecule has 0 saturated carbocycles. The third-order valence-electron chi connectivity index (χ3n) is 5.88. The predicted octanol–water partition coefficient (Wildman–Crippen LogP) is 3.06. The third kappa shape index (κ3) is 5.81. The Hall–Kier alpha value is -2.49. The highest BCUT2D eigenvalue weighted by molar-refractivity contribution is 6.08. The first kappa shape index (κ1) is 23.2. The minimum absolute atomic E-state index is 0.0526. The van der Waals surface area contributed by atoms with Gasteiger partial charge in [0, 0.05) is 31.5 Å². The Balaban J connectivity index is 1.73. The lowest BCUT2D eigenvalue weighted by atomic mass is 9.81. The van der Waals surface area contributed by atoms with Crippen molar-refractivity contribution >= 4 is 17.5 Å². The summed E-state index contributed by atoms with van der Waals surface area (Å²) < 4.78 is 10.7. The van der Waals surface area contributed by atoms with Gasteiger partial charge in [-0.05, 0) is 62.4 Å². The fourth-order valence-electron chi connectivity index (χ4n) is 4.48. The smallest absolute Gasteiger partial charge is 0.227 e. The minimum atomic E-state index is -0.730. The number of carbonyl (C=O) groups excluding carboxylic acids is 3. The summed E-state index contributed by atoms with van der Waals surface area (Å²) in [5.74, 6) is 5.02. The molecule has 0 bridgehead atoms. The van der Waals surface area contributed by atoms with E-state index in [2.05, 4.69) is 11.8 Å². The van der Waals surface area contributed by atoms with Crippen LogP contribution >= 0.6 is 0 Å². The fourth-order valence-corrected chi connectivity index (χ4v) is 4.48. The first-order valence-electron chi connectivity index (χ1n) is 11.0. The molecule has 2 fully saturated rings. The number of aryl methyl sites for hydroxylation is 2. The molecular formula is C25H31NO5. The summed E-state index contributed by atoms with van der Waals surface area (Å²) in [6.07, 6.45) is 1.31. The van der Waals surface area contributed by atoms with Crippen molar-refractivity contribution in [1.29, 1.82) is 0 Å². The van der Waals surface area contributed by atoms with Crippen molar-refractivity contribution in [3.8, 4) is 11.8 Å². The molecule has 0 aliphatic carbocycles. The lowest BCUT2D eigenvalue weighted by Gasteiger charge is -2.27. The molecule has 6 nitrogen and oxygen atoms in total. The second-order valence-corrected chi connectivity index (χ2v) is 8.23. The van der Waals surface area contributed by atoms with E-state index in [-0.39, 0.29) is 36.7 Å². The zero-order chi connectivity index (χ0) is 22.4. The van der Waals surface area contributed by atoms with E-state index in [1.54, 1.807) is 11.8 Å². The maximum atomic E-state index is 13.1. The molecule has 31 heavy (non-hydrogen) atoms. The van der Waals surface area contributed by atoms with Crippen LogP contribution < -0.4 is 0 Å². The molecule has 0 aromatic heterocycles. The van der Waals surface area contributed by atoms with Crippen molar-refractivity contribution in [3.05, 3.63) is 34.4 Å². The van der Waals surface area contributed by atoms with Crippen LogP contribution in [-0.4, -0.2) is 55.0 Å². The zero-order valence-electron chi connectivity index (χ0n) is 18.7. The van der Waals surface area contributed by atoms with Crippen molar-refractivity contribution in [3.63, 3.8) is 0 Å². The molecule has 1 aromatic carbocycles. The Labute approximate surface area is 184 Å². The van der Waals surface area contributed by atoms with E-state index >= 15 is 0 Å². The van der Waals surface area contributed by atoms with Gasteiger partial charge in [0.05, 0.1) is 19.6 Å². The lowest BCUT2D eigenvalue weighted by Crippen LogP contribution is -2.37. The molecule has 2 saturated heterocycles. The van der Waals surface area contributed by atoms with Crippen LogP contribution in [0, 0.1) is 25.7 Å². The molecule has 0 N–H and O–H groups in total. The van der Waals surface area contributed by atoms with E-state index in [0.717, 1.165) is 22.3 Å². The summed E-state index contributed by atoms with van der Waals surface area (Å²) >= 11 is 0. The number of amides is 1. The van der Waals surface area contributed by atoms with Crippen molar-refractivity contribution in [2.45, 2.75) is 65.1 Å². The molecule has 0 radical (unpaired) electrons. The summed E-state index contributed by atoms with van der Waals surface area (Å²) in [4.78, 5) is 40.6. The second kappa shape index (κ2) is 10.7. The van der Waals surface area contributed by atoms with E-state index in [9.17, 15) is 14.4 Å². The van der Waals surface area contributed by atoms with Gasteiger partial charge >= 0.3 is 0 Å². The Morgan fingerprint density at radius 2 is 1.58 bits per heavy atom.